The Hall–Kier alpha value is -2.54. The molecule has 0 aliphatic heterocycles. The van der Waals surface area contributed by atoms with Gasteiger partial charge in [-0.15, -0.1) is 0 Å². The second-order valence-corrected chi connectivity index (χ2v) is 5.52. The van der Waals surface area contributed by atoms with Crippen LogP contribution in [0.2, 0.25) is 0 Å². The van der Waals surface area contributed by atoms with Gasteiger partial charge in [0.1, 0.15) is 5.70 Å². The molecule has 6 N–H and O–H groups in total. The van der Waals surface area contributed by atoms with Crippen molar-refractivity contribution in [3.05, 3.63) is 41.2 Å². The predicted molar refractivity (Wildman–Crippen MR) is 89.2 cm³/mol. The number of nitrogens with zero attached hydrogens (tertiary/aromatic N) is 1. The van der Waals surface area contributed by atoms with Gasteiger partial charge in [0.25, 0.3) is 11.8 Å². The quantitative estimate of drug-likeness (QED) is 0.348. The molecule has 0 heterocycles. The highest BCUT2D eigenvalue weighted by Crippen LogP contribution is 2.20. The molecule has 2 amide bonds. The normalized spacial score (nSPS) is 14.7. The molecule has 2 rings (SSSR count). The first kappa shape index (κ1) is 16.8. The molecule has 0 aromatic heterocycles. The number of nitrogens with one attached hydrogen (secondary N) is 2. The van der Waals surface area contributed by atoms with Gasteiger partial charge in [-0.3, -0.25) is 14.6 Å². The van der Waals surface area contributed by atoms with Crippen LogP contribution in [-0.2, 0) is 4.79 Å². The first-order chi connectivity index (χ1) is 10.9. The van der Waals surface area contributed by atoms with Gasteiger partial charge in [0.2, 0.25) is 0 Å². The maximum absolute atomic E-state index is 12.0. The van der Waals surface area contributed by atoms with Crippen molar-refractivity contribution in [2.75, 3.05) is 11.6 Å². The summed E-state index contributed by atoms with van der Waals surface area (Å²) < 4.78 is 0. The molecule has 1 aromatic rings. The first-order valence-corrected chi connectivity index (χ1v) is 7.64. The smallest absolute Gasteiger partial charge is 0.269 e. The van der Waals surface area contributed by atoms with E-state index in [2.05, 4.69) is 10.6 Å². The zero-order valence-electron chi connectivity index (χ0n) is 13.4. The number of nitrogens with two attached hydrogens (primary N) is 2. The molecule has 0 unspecified atom stereocenters. The monoisotopic (exact) mass is 317 g/mol. The summed E-state index contributed by atoms with van der Waals surface area (Å²) in [6.07, 6.45) is 1.98. The maximum Gasteiger partial charge on any atom is 0.269 e. The Balaban J connectivity index is 2.10. The lowest BCUT2D eigenvalue weighted by atomic mass is 10.2. The summed E-state index contributed by atoms with van der Waals surface area (Å²) in [5.74, 6) is 5.58. The first-order valence-electron chi connectivity index (χ1n) is 7.64. The van der Waals surface area contributed by atoms with E-state index in [1.807, 2.05) is 6.92 Å². The van der Waals surface area contributed by atoms with E-state index in [-0.39, 0.29) is 23.6 Å². The highest BCUT2D eigenvalue weighted by molar-refractivity contribution is 5.95. The molecular formula is C16H23N5O2. The van der Waals surface area contributed by atoms with Crippen LogP contribution in [-0.4, -0.2) is 24.4 Å². The molecule has 23 heavy (non-hydrogen) atoms. The van der Waals surface area contributed by atoms with Gasteiger partial charge in [-0.25, -0.2) is 5.84 Å². The van der Waals surface area contributed by atoms with Crippen molar-refractivity contribution in [3.63, 3.8) is 0 Å². The van der Waals surface area contributed by atoms with Crippen LogP contribution in [0.1, 0.15) is 37.0 Å². The topological polar surface area (TPSA) is 113 Å². The number of amides is 2. The molecule has 1 fully saturated rings. The average molecular weight is 317 g/mol. The van der Waals surface area contributed by atoms with Crippen molar-refractivity contribution in [2.24, 2.45) is 11.6 Å². The molecular weight excluding hydrogens is 294 g/mol. The van der Waals surface area contributed by atoms with E-state index in [0.29, 0.717) is 23.5 Å². The van der Waals surface area contributed by atoms with Gasteiger partial charge in [0.15, 0.2) is 0 Å². The van der Waals surface area contributed by atoms with Crippen molar-refractivity contribution < 1.29 is 9.59 Å². The fourth-order valence-electron chi connectivity index (χ4n) is 2.01. The molecule has 0 saturated heterocycles. The lowest BCUT2D eigenvalue weighted by molar-refractivity contribution is -0.117. The highest BCUT2D eigenvalue weighted by Gasteiger charge is 2.25. The van der Waals surface area contributed by atoms with E-state index in [1.165, 1.54) is 5.01 Å². The van der Waals surface area contributed by atoms with Crippen molar-refractivity contribution in [1.29, 1.82) is 0 Å². The summed E-state index contributed by atoms with van der Waals surface area (Å²) >= 11 is 0. The van der Waals surface area contributed by atoms with Crippen LogP contribution >= 0.6 is 0 Å². The fourth-order valence-corrected chi connectivity index (χ4v) is 2.01. The standard InChI is InChI=1S/C16H23N5O2/c1-3-19-15(22)11-4-8-13(9-5-11)21(18)10(2)14(17)16(23)20-12-6-7-12/h4-5,8-9,12H,3,6-7,17-18H2,1-2H3,(H,19,22)(H,20,23)/b14-10-. The summed E-state index contributed by atoms with van der Waals surface area (Å²) in [5.41, 5.74) is 7.60. The molecule has 1 aromatic carbocycles. The molecule has 1 saturated carbocycles. The third-order valence-electron chi connectivity index (χ3n) is 3.65. The Morgan fingerprint density at radius 2 is 1.87 bits per heavy atom. The van der Waals surface area contributed by atoms with Crippen molar-refractivity contribution in [3.8, 4) is 0 Å². The molecule has 7 nitrogen and oxygen atoms in total. The van der Waals surface area contributed by atoms with Gasteiger partial charge >= 0.3 is 0 Å². The van der Waals surface area contributed by atoms with Gasteiger partial charge < -0.3 is 16.4 Å². The number of benzene rings is 1. The lowest BCUT2D eigenvalue weighted by Gasteiger charge is -2.21. The van der Waals surface area contributed by atoms with E-state index in [9.17, 15) is 9.59 Å². The second-order valence-electron chi connectivity index (χ2n) is 5.52. The molecule has 0 atom stereocenters. The minimum absolute atomic E-state index is 0.0900. The number of hydrogen-bond acceptors (Lipinski definition) is 5. The molecule has 1 aliphatic rings. The van der Waals surface area contributed by atoms with Crippen molar-refractivity contribution >= 4 is 17.5 Å². The number of carbonyl (C=O) groups is 2. The minimum atomic E-state index is -0.306. The number of anilines is 1. The van der Waals surface area contributed by atoms with Crippen LogP contribution in [0.15, 0.2) is 35.7 Å². The zero-order valence-corrected chi connectivity index (χ0v) is 13.4. The second kappa shape index (κ2) is 7.15. The number of hydrazine groups is 1. The largest absolute Gasteiger partial charge is 0.393 e. The lowest BCUT2D eigenvalue weighted by Crippen LogP contribution is -2.37. The molecule has 7 heteroatoms. The summed E-state index contributed by atoms with van der Waals surface area (Å²) in [5, 5.41) is 6.88. The third-order valence-corrected chi connectivity index (χ3v) is 3.65. The average Bonchev–Trinajstić information content (AvgIpc) is 3.37. The predicted octanol–water partition coefficient (Wildman–Crippen LogP) is 0.585. The number of allylic oxidation sites excluding steroid dienone is 1. The molecule has 0 radical (unpaired) electrons. The maximum atomic E-state index is 12.0. The van der Waals surface area contributed by atoms with Crippen molar-refractivity contribution in [2.45, 2.75) is 32.7 Å². The number of carbonyl (C=O) groups excluding carboxylic acids is 2. The molecule has 124 valence electrons. The molecule has 0 spiro atoms. The molecule has 0 bridgehead atoms. The summed E-state index contributed by atoms with van der Waals surface area (Å²) in [7, 11) is 0. The van der Waals surface area contributed by atoms with E-state index in [1.54, 1.807) is 31.2 Å². The number of hydrogen-bond donors (Lipinski definition) is 4. The Morgan fingerprint density at radius 1 is 1.26 bits per heavy atom. The Kier molecular flexibility index (Phi) is 5.23. The summed E-state index contributed by atoms with van der Waals surface area (Å²) in [6, 6.07) is 7.00. The highest BCUT2D eigenvalue weighted by atomic mass is 16.2. The van der Waals surface area contributed by atoms with Crippen LogP contribution in [0.5, 0.6) is 0 Å². The Labute approximate surface area is 135 Å². The van der Waals surface area contributed by atoms with Gasteiger partial charge in [-0.05, 0) is 51.0 Å². The van der Waals surface area contributed by atoms with Crippen LogP contribution in [0.25, 0.3) is 0 Å². The Morgan fingerprint density at radius 3 is 2.39 bits per heavy atom. The van der Waals surface area contributed by atoms with Gasteiger partial charge in [0.05, 0.1) is 11.4 Å². The van der Waals surface area contributed by atoms with Crippen LogP contribution < -0.4 is 27.2 Å². The van der Waals surface area contributed by atoms with Crippen molar-refractivity contribution in [1.82, 2.24) is 10.6 Å². The third kappa shape index (κ3) is 4.23. The minimum Gasteiger partial charge on any atom is -0.393 e. The van der Waals surface area contributed by atoms with Gasteiger partial charge in [-0.2, -0.15) is 0 Å². The van der Waals surface area contributed by atoms with E-state index >= 15 is 0 Å². The van der Waals surface area contributed by atoms with E-state index < -0.39 is 0 Å². The van der Waals surface area contributed by atoms with Gasteiger partial charge in [-0.1, -0.05) is 0 Å². The summed E-state index contributed by atoms with van der Waals surface area (Å²) in [6.45, 7) is 4.11. The SMILES string of the molecule is CCNC(=O)c1ccc(N(N)/C(C)=C(\N)C(=O)NC2CC2)cc1. The summed E-state index contributed by atoms with van der Waals surface area (Å²) in [4.78, 5) is 23.7. The molecule has 1 aliphatic carbocycles. The zero-order chi connectivity index (χ0) is 17.0. The van der Waals surface area contributed by atoms with E-state index in [0.717, 1.165) is 12.8 Å². The van der Waals surface area contributed by atoms with E-state index in [4.69, 9.17) is 11.6 Å². The van der Waals surface area contributed by atoms with Crippen LogP contribution in [0.4, 0.5) is 5.69 Å². The van der Waals surface area contributed by atoms with Gasteiger partial charge in [0, 0.05) is 18.2 Å². The fraction of sp³-hybridized carbons (Fsp3) is 0.375. The van der Waals surface area contributed by atoms with Crippen LogP contribution in [0.3, 0.4) is 0 Å². The van der Waals surface area contributed by atoms with Crippen LogP contribution in [0, 0.1) is 0 Å². The number of rotatable bonds is 6. The Bertz CT molecular complexity index is 620.